The number of hydrogen-bond donors (Lipinski definition) is 0. The van der Waals surface area contributed by atoms with Crippen LogP contribution in [0.1, 0.15) is 11.1 Å². The van der Waals surface area contributed by atoms with Crippen LogP contribution in [0.3, 0.4) is 0 Å². The van der Waals surface area contributed by atoms with Crippen molar-refractivity contribution in [3.05, 3.63) is 41.7 Å². The predicted octanol–water partition coefficient (Wildman–Crippen LogP) is 2.85. The van der Waals surface area contributed by atoms with Gasteiger partial charge in [-0.2, -0.15) is 0 Å². The molecule has 0 N–H and O–H groups in total. The van der Waals surface area contributed by atoms with E-state index in [2.05, 4.69) is 37.0 Å². The molecule has 0 aliphatic heterocycles. The lowest BCUT2D eigenvalue weighted by atomic mass is 10.0. The van der Waals surface area contributed by atoms with Crippen molar-refractivity contribution in [1.82, 2.24) is 4.98 Å². The maximum absolute atomic E-state index is 4.15. The van der Waals surface area contributed by atoms with Crippen LogP contribution in [0.4, 0.5) is 0 Å². The van der Waals surface area contributed by atoms with Crippen LogP contribution < -0.4 is 0 Å². The summed E-state index contributed by atoms with van der Waals surface area (Å²) in [6, 6.07) is 6.30. The van der Waals surface area contributed by atoms with Crippen LogP contribution in [0, 0.1) is 13.8 Å². The second kappa shape index (κ2) is 2.59. The van der Waals surface area contributed by atoms with Crippen molar-refractivity contribution >= 4 is 10.8 Å². The van der Waals surface area contributed by atoms with Crippen molar-refractivity contribution in [1.29, 1.82) is 0 Å². The number of rotatable bonds is 0. The van der Waals surface area contributed by atoms with E-state index in [-0.39, 0.29) is 0 Å². The first-order valence-corrected chi connectivity index (χ1v) is 4.09. The van der Waals surface area contributed by atoms with Gasteiger partial charge in [-0.05, 0) is 30.4 Å². The Kier molecular flexibility index (Phi) is 1.58. The van der Waals surface area contributed by atoms with Crippen molar-refractivity contribution in [3.8, 4) is 0 Å². The highest BCUT2D eigenvalue weighted by molar-refractivity contribution is 5.87. The highest BCUT2D eigenvalue weighted by Gasteiger charge is 1.98. The van der Waals surface area contributed by atoms with Crippen molar-refractivity contribution in [2.45, 2.75) is 13.8 Å². The molecule has 1 aromatic carbocycles. The Hall–Kier alpha value is -1.37. The quantitative estimate of drug-likeness (QED) is 0.573. The van der Waals surface area contributed by atoms with Gasteiger partial charge in [0.05, 0.1) is 0 Å². The molecule has 1 heterocycles. The summed E-state index contributed by atoms with van der Waals surface area (Å²) in [4.78, 5) is 4.15. The van der Waals surface area contributed by atoms with Gasteiger partial charge in [-0.3, -0.25) is 4.98 Å². The van der Waals surface area contributed by atoms with Gasteiger partial charge >= 0.3 is 0 Å². The molecule has 0 atom stereocenters. The fourth-order valence-electron chi connectivity index (χ4n) is 1.63. The number of hydrogen-bond acceptors (Lipinski definition) is 1. The molecule has 0 saturated carbocycles. The summed E-state index contributed by atoms with van der Waals surface area (Å²) in [6.45, 7) is 4.23. The van der Waals surface area contributed by atoms with Crippen molar-refractivity contribution in [3.63, 3.8) is 0 Å². The molecule has 2 rings (SSSR count). The second-order valence-corrected chi connectivity index (χ2v) is 3.13. The zero-order valence-electron chi connectivity index (χ0n) is 7.33. The van der Waals surface area contributed by atoms with E-state index in [0.717, 1.165) is 0 Å². The van der Waals surface area contributed by atoms with Gasteiger partial charge in [0.2, 0.25) is 0 Å². The molecule has 0 aliphatic rings. The Balaban J connectivity index is 2.96. The highest BCUT2D eigenvalue weighted by Crippen LogP contribution is 2.19. The van der Waals surface area contributed by atoms with Gasteiger partial charge in [-0.25, -0.2) is 0 Å². The van der Waals surface area contributed by atoms with E-state index in [1.54, 1.807) is 0 Å². The van der Waals surface area contributed by atoms with E-state index in [1.807, 2.05) is 12.4 Å². The molecule has 0 radical (unpaired) electrons. The monoisotopic (exact) mass is 157 g/mol. The minimum atomic E-state index is 1.23. The van der Waals surface area contributed by atoms with Gasteiger partial charge in [0, 0.05) is 17.8 Å². The van der Waals surface area contributed by atoms with Crippen molar-refractivity contribution in [2.24, 2.45) is 0 Å². The Labute approximate surface area is 72.1 Å². The summed E-state index contributed by atoms with van der Waals surface area (Å²) in [5.41, 5.74) is 2.58. The third kappa shape index (κ3) is 0.981. The molecule has 0 unspecified atom stereocenters. The predicted molar refractivity (Wildman–Crippen MR) is 51.2 cm³/mol. The number of pyridine rings is 1. The van der Waals surface area contributed by atoms with E-state index in [4.69, 9.17) is 0 Å². The van der Waals surface area contributed by atoms with Crippen LogP contribution >= 0.6 is 0 Å². The van der Waals surface area contributed by atoms with Crippen LogP contribution in [-0.2, 0) is 0 Å². The lowest BCUT2D eigenvalue weighted by Gasteiger charge is -2.03. The molecule has 1 aromatic heterocycles. The Morgan fingerprint density at radius 3 is 2.58 bits per heavy atom. The standard InChI is InChI=1S/C11H11N/c1-8-4-3-5-10-7-12-6-9(2)11(8)10/h3-7H,1-2H3. The third-order valence-corrected chi connectivity index (χ3v) is 2.18. The zero-order chi connectivity index (χ0) is 8.55. The van der Waals surface area contributed by atoms with Crippen LogP contribution in [0.2, 0.25) is 0 Å². The maximum Gasteiger partial charge on any atom is 0.0346 e. The first-order valence-electron chi connectivity index (χ1n) is 4.09. The average molecular weight is 157 g/mol. The van der Waals surface area contributed by atoms with Gasteiger partial charge in [-0.15, -0.1) is 0 Å². The number of nitrogens with zero attached hydrogens (tertiary/aromatic N) is 1. The molecule has 0 saturated heterocycles. The third-order valence-electron chi connectivity index (χ3n) is 2.18. The second-order valence-electron chi connectivity index (χ2n) is 3.13. The van der Waals surface area contributed by atoms with Crippen LogP contribution in [0.15, 0.2) is 30.6 Å². The molecular weight excluding hydrogens is 146 g/mol. The summed E-state index contributed by atoms with van der Waals surface area (Å²) in [7, 11) is 0. The molecule has 0 fully saturated rings. The first-order chi connectivity index (χ1) is 5.79. The normalized spacial score (nSPS) is 10.5. The summed E-state index contributed by atoms with van der Waals surface area (Å²) >= 11 is 0. The summed E-state index contributed by atoms with van der Waals surface area (Å²) in [5, 5.41) is 2.57. The minimum absolute atomic E-state index is 1.23. The molecule has 1 nitrogen and oxygen atoms in total. The van der Waals surface area contributed by atoms with E-state index < -0.39 is 0 Å². The Morgan fingerprint density at radius 2 is 1.83 bits per heavy atom. The number of aromatic nitrogens is 1. The first kappa shape index (κ1) is 7.29. The van der Waals surface area contributed by atoms with E-state index in [1.165, 1.54) is 21.9 Å². The Bertz CT molecular complexity index is 382. The summed E-state index contributed by atoms with van der Waals surface area (Å²) < 4.78 is 0. The fourth-order valence-corrected chi connectivity index (χ4v) is 1.63. The van der Waals surface area contributed by atoms with E-state index in [0.29, 0.717) is 0 Å². The fraction of sp³-hybridized carbons (Fsp3) is 0.182. The molecule has 60 valence electrons. The van der Waals surface area contributed by atoms with Crippen molar-refractivity contribution in [2.75, 3.05) is 0 Å². The summed E-state index contributed by atoms with van der Waals surface area (Å²) in [6.07, 6.45) is 3.82. The lowest BCUT2D eigenvalue weighted by molar-refractivity contribution is 1.30. The Morgan fingerprint density at radius 1 is 1.00 bits per heavy atom. The van der Waals surface area contributed by atoms with Crippen molar-refractivity contribution < 1.29 is 0 Å². The summed E-state index contributed by atoms with van der Waals surface area (Å²) in [5.74, 6) is 0. The van der Waals surface area contributed by atoms with Gasteiger partial charge in [-0.1, -0.05) is 18.2 Å². The molecule has 1 heteroatoms. The molecule has 0 bridgehead atoms. The largest absolute Gasteiger partial charge is 0.264 e. The van der Waals surface area contributed by atoms with Gasteiger partial charge in [0.1, 0.15) is 0 Å². The van der Waals surface area contributed by atoms with Crippen LogP contribution in [0.25, 0.3) is 10.8 Å². The molecule has 0 amide bonds. The zero-order valence-corrected chi connectivity index (χ0v) is 7.33. The molecule has 2 aromatic rings. The molecule has 0 spiro atoms. The molecule has 0 aliphatic carbocycles. The van der Waals surface area contributed by atoms with Crippen LogP contribution in [0.5, 0.6) is 0 Å². The van der Waals surface area contributed by atoms with E-state index in [9.17, 15) is 0 Å². The molecular formula is C11H11N. The highest BCUT2D eigenvalue weighted by atomic mass is 14.6. The van der Waals surface area contributed by atoms with Crippen LogP contribution in [-0.4, -0.2) is 4.98 Å². The topological polar surface area (TPSA) is 12.9 Å². The number of fused-ring (bicyclic) bond motifs is 1. The number of benzene rings is 1. The minimum Gasteiger partial charge on any atom is -0.264 e. The SMILES string of the molecule is Cc1cccc2cncc(C)c12. The number of aryl methyl sites for hydroxylation is 2. The smallest absolute Gasteiger partial charge is 0.0346 e. The van der Waals surface area contributed by atoms with E-state index >= 15 is 0 Å². The maximum atomic E-state index is 4.15. The van der Waals surface area contributed by atoms with Gasteiger partial charge in [0.25, 0.3) is 0 Å². The average Bonchev–Trinajstić information content (AvgIpc) is 2.04. The van der Waals surface area contributed by atoms with Gasteiger partial charge < -0.3 is 0 Å². The lowest BCUT2D eigenvalue weighted by Crippen LogP contribution is -1.83. The molecule has 12 heavy (non-hydrogen) atoms. The van der Waals surface area contributed by atoms with Gasteiger partial charge in [0.15, 0.2) is 0 Å².